The second kappa shape index (κ2) is 5.83. The van der Waals surface area contributed by atoms with Crippen molar-refractivity contribution in [1.82, 2.24) is 0 Å². The van der Waals surface area contributed by atoms with Gasteiger partial charge in [-0.15, -0.1) is 0 Å². The van der Waals surface area contributed by atoms with E-state index >= 15 is 0 Å². The van der Waals surface area contributed by atoms with Crippen LogP contribution in [0.3, 0.4) is 0 Å². The molecule has 2 aromatic rings. The number of ketones is 1. The highest BCUT2D eigenvalue weighted by molar-refractivity contribution is 9.10. The number of carbonyl (C=O) groups is 1. The third-order valence-electron chi connectivity index (χ3n) is 2.74. The van der Waals surface area contributed by atoms with Crippen LogP contribution in [0.15, 0.2) is 53.0 Å². The van der Waals surface area contributed by atoms with E-state index in [1.54, 1.807) is 12.1 Å². The molecule has 18 heavy (non-hydrogen) atoms. The van der Waals surface area contributed by atoms with Gasteiger partial charge in [-0.1, -0.05) is 46.3 Å². The number of hydrogen-bond acceptors (Lipinski definition) is 2. The molecule has 1 N–H and O–H groups in total. The van der Waals surface area contributed by atoms with Gasteiger partial charge in [-0.25, -0.2) is 0 Å². The van der Waals surface area contributed by atoms with Crippen LogP contribution < -0.4 is 0 Å². The first-order chi connectivity index (χ1) is 8.66. The first-order valence-corrected chi connectivity index (χ1v) is 6.52. The van der Waals surface area contributed by atoms with Crippen LogP contribution in [0.4, 0.5) is 0 Å². The molecule has 0 fully saturated rings. The molecule has 0 aliphatic rings. The first-order valence-electron chi connectivity index (χ1n) is 5.72. The van der Waals surface area contributed by atoms with Gasteiger partial charge in [0.2, 0.25) is 0 Å². The van der Waals surface area contributed by atoms with Crippen LogP contribution in [0.1, 0.15) is 22.3 Å². The average Bonchev–Trinajstić information content (AvgIpc) is 2.40. The summed E-state index contributed by atoms with van der Waals surface area (Å²) in [6.45, 7) is 0. The van der Waals surface area contributed by atoms with E-state index in [4.69, 9.17) is 0 Å². The third kappa shape index (κ3) is 3.20. The molecule has 2 rings (SSSR count). The number of carbonyl (C=O) groups excluding carboxylic acids is 1. The summed E-state index contributed by atoms with van der Waals surface area (Å²) in [5, 5.41) is 9.66. The zero-order chi connectivity index (χ0) is 13.0. The normalized spacial score (nSPS) is 10.3. The number of rotatable bonds is 4. The Morgan fingerprint density at radius 2 is 1.83 bits per heavy atom. The lowest BCUT2D eigenvalue weighted by Gasteiger charge is -2.04. The summed E-state index contributed by atoms with van der Waals surface area (Å²) >= 11 is 3.30. The predicted molar refractivity (Wildman–Crippen MR) is 74.9 cm³/mol. The molecule has 0 aromatic heterocycles. The first kappa shape index (κ1) is 12.8. The SMILES string of the molecule is O=C(CCc1ccccc1)c1cc(Br)ccc1O. The van der Waals surface area contributed by atoms with E-state index in [0.29, 0.717) is 18.4 Å². The predicted octanol–water partition coefficient (Wildman–Crippen LogP) is 3.97. The number of phenolic OH excluding ortho intramolecular Hbond substituents is 1. The van der Waals surface area contributed by atoms with Crippen molar-refractivity contribution in [2.24, 2.45) is 0 Å². The fourth-order valence-corrected chi connectivity index (χ4v) is 2.13. The summed E-state index contributed by atoms with van der Waals surface area (Å²) in [4.78, 5) is 12.0. The standard InChI is InChI=1S/C15H13BrO2/c16-12-7-9-15(18)13(10-12)14(17)8-6-11-4-2-1-3-5-11/h1-5,7,9-10,18H,6,8H2. The van der Waals surface area contributed by atoms with Gasteiger partial charge in [0.05, 0.1) is 5.56 Å². The van der Waals surface area contributed by atoms with Crippen molar-refractivity contribution in [3.05, 3.63) is 64.1 Å². The molecule has 0 heterocycles. The number of Topliss-reactive ketones (excluding diaryl/α,β-unsaturated/α-hetero) is 1. The number of benzene rings is 2. The van der Waals surface area contributed by atoms with Crippen LogP contribution in [0.25, 0.3) is 0 Å². The molecule has 0 atom stereocenters. The molecule has 0 bridgehead atoms. The zero-order valence-electron chi connectivity index (χ0n) is 9.77. The molecule has 92 valence electrons. The van der Waals surface area contributed by atoms with Gasteiger partial charge in [0, 0.05) is 10.9 Å². The third-order valence-corrected chi connectivity index (χ3v) is 3.24. The van der Waals surface area contributed by atoms with E-state index in [-0.39, 0.29) is 11.5 Å². The molecular formula is C15H13BrO2. The van der Waals surface area contributed by atoms with Gasteiger partial charge in [0.1, 0.15) is 5.75 Å². The largest absolute Gasteiger partial charge is 0.507 e. The van der Waals surface area contributed by atoms with Crippen molar-refractivity contribution in [1.29, 1.82) is 0 Å². The molecule has 0 saturated heterocycles. The summed E-state index contributed by atoms with van der Waals surface area (Å²) in [7, 11) is 0. The molecule has 0 saturated carbocycles. The molecule has 2 nitrogen and oxygen atoms in total. The number of aromatic hydroxyl groups is 1. The quantitative estimate of drug-likeness (QED) is 0.868. The van der Waals surface area contributed by atoms with E-state index < -0.39 is 0 Å². The highest BCUT2D eigenvalue weighted by Crippen LogP contribution is 2.23. The van der Waals surface area contributed by atoms with Crippen molar-refractivity contribution in [2.75, 3.05) is 0 Å². The van der Waals surface area contributed by atoms with Crippen LogP contribution in [-0.2, 0) is 6.42 Å². The Morgan fingerprint density at radius 1 is 1.11 bits per heavy atom. The maximum Gasteiger partial charge on any atom is 0.166 e. The van der Waals surface area contributed by atoms with Gasteiger partial charge < -0.3 is 5.11 Å². The minimum Gasteiger partial charge on any atom is -0.507 e. The van der Waals surface area contributed by atoms with E-state index in [9.17, 15) is 9.90 Å². The number of hydrogen-bond donors (Lipinski definition) is 1. The van der Waals surface area contributed by atoms with Gasteiger partial charge in [-0.3, -0.25) is 4.79 Å². The van der Waals surface area contributed by atoms with E-state index in [0.717, 1.165) is 10.0 Å². The van der Waals surface area contributed by atoms with E-state index in [1.165, 1.54) is 6.07 Å². The van der Waals surface area contributed by atoms with Gasteiger partial charge in [-0.2, -0.15) is 0 Å². The molecule has 0 radical (unpaired) electrons. The van der Waals surface area contributed by atoms with Crippen molar-refractivity contribution in [3.63, 3.8) is 0 Å². The minimum atomic E-state index is -0.0438. The van der Waals surface area contributed by atoms with Crippen LogP contribution in [0.5, 0.6) is 5.75 Å². The van der Waals surface area contributed by atoms with E-state index in [2.05, 4.69) is 15.9 Å². The Balaban J connectivity index is 2.06. The summed E-state index contributed by atoms with van der Waals surface area (Å²) in [5.74, 6) is -0.00563. The maximum absolute atomic E-state index is 12.0. The summed E-state index contributed by atoms with van der Waals surface area (Å²) in [5.41, 5.74) is 1.50. The van der Waals surface area contributed by atoms with Crippen LogP contribution in [0.2, 0.25) is 0 Å². The van der Waals surface area contributed by atoms with Gasteiger partial charge in [0.25, 0.3) is 0 Å². The molecule has 0 spiro atoms. The van der Waals surface area contributed by atoms with Gasteiger partial charge in [0.15, 0.2) is 5.78 Å². The highest BCUT2D eigenvalue weighted by atomic mass is 79.9. The lowest BCUT2D eigenvalue weighted by Crippen LogP contribution is -2.01. The Hall–Kier alpha value is -1.61. The second-order valence-electron chi connectivity index (χ2n) is 4.07. The molecule has 0 unspecified atom stereocenters. The molecular weight excluding hydrogens is 292 g/mol. The highest BCUT2D eigenvalue weighted by Gasteiger charge is 2.11. The summed E-state index contributed by atoms with van der Waals surface area (Å²) < 4.78 is 0.795. The molecule has 0 aliphatic heterocycles. The molecule has 0 amide bonds. The Bertz CT molecular complexity index is 550. The minimum absolute atomic E-state index is 0.0382. The Morgan fingerprint density at radius 3 is 2.56 bits per heavy atom. The topological polar surface area (TPSA) is 37.3 Å². The lowest BCUT2D eigenvalue weighted by atomic mass is 10.0. The van der Waals surface area contributed by atoms with Crippen molar-refractivity contribution < 1.29 is 9.90 Å². The van der Waals surface area contributed by atoms with Crippen LogP contribution in [0, 0.1) is 0 Å². The maximum atomic E-state index is 12.0. The van der Waals surface area contributed by atoms with Crippen LogP contribution in [-0.4, -0.2) is 10.9 Å². The number of phenols is 1. The Kier molecular flexibility index (Phi) is 4.15. The molecule has 0 aliphatic carbocycles. The average molecular weight is 305 g/mol. The fourth-order valence-electron chi connectivity index (χ4n) is 1.77. The smallest absolute Gasteiger partial charge is 0.166 e. The number of halogens is 1. The monoisotopic (exact) mass is 304 g/mol. The van der Waals surface area contributed by atoms with Gasteiger partial charge in [-0.05, 0) is 30.2 Å². The van der Waals surface area contributed by atoms with Gasteiger partial charge >= 0.3 is 0 Å². The summed E-state index contributed by atoms with van der Waals surface area (Å²) in [6.07, 6.45) is 1.08. The second-order valence-corrected chi connectivity index (χ2v) is 4.99. The zero-order valence-corrected chi connectivity index (χ0v) is 11.4. The van der Waals surface area contributed by atoms with Crippen molar-refractivity contribution in [2.45, 2.75) is 12.8 Å². The Labute approximate surface area is 114 Å². The van der Waals surface area contributed by atoms with Crippen molar-refractivity contribution in [3.8, 4) is 5.75 Å². The van der Waals surface area contributed by atoms with E-state index in [1.807, 2.05) is 30.3 Å². The molecule has 3 heteroatoms. The fraction of sp³-hybridized carbons (Fsp3) is 0.133. The van der Waals surface area contributed by atoms with Crippen LogP contribution >= 0.6 is 15.9 Å². The number of aryl methyl sites for hydroxylation is 1. The summed E-state index contributed by atoms with van der Waals surface area (Å²) in [6, 6.07) is 14.7. The van der Waals surface area contributed by atoms with Crippen molar-refractivity contribution >= 4 is 21.7 Å². The lowest BCUT2D eigenvalue weighted by molar-refractivity contribution is 0.0980. The molecule has 2 aromatic carbocycles.